The Kier molecular flexibility index (Phi) is 6.36. The van der Waals surface area contributed by atoms with E-state index in [1.165, 1.54) is 0 Å². The molecule has 1 aromatic rings. The van der Waals surface area contributed by atoms with Crippen LogP contribution < -0.4 is 10.6 Å². The van der Waals surface area contributed by atoms with Crippen molar-refractivity contribution in [2.45, 2.75) is 20.8 Å². The summed E-state index contributed by atoms with van der Waals surface area (Å²) >= 11 is 0. The molecule has 0 aliphatic rings. The molecular weight excluding hydrogens is 240 g/mol. The first-order chi connectivity index (χ1) is 9.04. The Bertz CT molecular complexity index is 417. The molecule has 106 valence electrons. The maximum atomic E-state index is 12.1. The highest BCUT2D eigenvalue weighted by Crippen LogP contribution is 2.16. The van der Waals surface area contributed by atoms with Crippen LogP contribution in [0, 0.1) is 12.8 Å². The van der Waals surface area contributed by atoms with Crippen molar-refractivity contribution >= 4 is 11.6 Å². The van der Waals surface area contributed by atoms with Gasteiger partial charge in [0.25, 0.3) is 5.91 Å². The lowest BCUT2D eigenvalue weighted by atomic mass is 10.1. The monoisotopic (exact) mass is 264 g/mol. The first-order valence-electron chi connectivity index (χ1n) is 6.69. The number of hydrogen-bond donors (Lipinski definition) is 2. The van der Waals surface area contributed by atoms with E-state index in [0.29, 0.717) is 24.6 Å². The van der Waals surface area contributed by atoms with Crippen molar-refractivity contribution in [2.24, 2.45) is 5.92 Å². The molecule has 0 aliphatic carbocycles. The van der Waals surface area contributed by atoms with Gasteiger partial charge in [-0.1, -0.05) is 25.5 Å². The average molecular weight is 264 g/mol. The Balaban J connectivity index is 2.47. The molecule has 0 aliphatic heterocycles. The van der Waals surface area contributed by atoms with E-state index in [-0.39, 0.29) is 5.91 Å². The van der Waals surface area contributed by atoms with Gasteiger partial charge in [-0.25, -0.2) is 0 Å². The molecule has 4 heteroatoms. The first kappa shape index (κ1) is 15.5. The summed E-state index contributed by atoms with van der Waals surface area (Å²) in [6, 6.07) is 5.78. The van der Waals surface area contributed by atoms with Crippen molar-refractivity contribution in [3.63, 3.8) is 0 Å². The summed E-state index contributed by atoms with van der Waals surface area (Å²) in [5, 5.41) is 5.90. The number of aryl methyl sites for hydroxylation is 1. The van der Waals surface area contributed by atoms with Gasteiger partial charge in [0.05, 0.1) is 12.2 Å². The zero-order valence-electron chi connectivity index (χ0n) is 12.2. The van der Waals surface area contributed by atoms with E-state index < -0.39 is 0 Å². The molecule has 0 atom stereocenters. The number of carbonyl (C=O) groups excluding carboxylic acids is 1. The molecule has 0 fully saturated rings. The minimum atomic E-state index is -0.0683. The molecule has 0 spiro atoms. The number of rotatable bonds is 7. The minimum Gasteiger partial charge on any atom is -0.387 e. The van der Waals surface area contributed by atoms with Crippen LogP contribution in [0.4, 0.5) is 5.69 Å². The lowest BCUT2D eigenvalue weighted by Crippen LogP contribution is -2.28. The predicted molar refractivity (Wildman–Crippen MR) is 78.7 cm³/mol. The third kappa shape index (κ3) is 5.30. The molecule has 1 amide bonds. The number of carbonyl (C=O) groups is 1. The fourth-order valence-corrected chi connectivity index (χ4v) is 1.71. The molecule has 0 heterocycles. The average Bonchev–Trinajstić information content (AvgIpc) is 2.37. The summed E-state index contributed by atoms with van der Waals surface area (Å²) in [4.78, 5) is 12.1. The Morgan fingerprint density at radius 2 is 2.11 bits per heavy atom. The van der Waals surface area contributed by atoms with Gasteiger partial charge in [0.1, 0.15) is 0 Å². The molecule has 0 saturated carbocycles. The first-order valence-corrected chi connectivity index (χ1v) is 6.69. The molecule has 0 saturated heterocycles. The van der Waals surface area contributed by atoms with Crippen LogP contribution in [0.3, 0.4) is 0 Å². The maximum Gasteiger partial charge on any atom is 0.253 e. The SMILES string of the molecule is CNc1ccc(C)cc1C(=O)NCCOCC(C)C. The summed E-state index contributed by atoms with van der Waals surface area (Å²) in [6.07, 6.45) is 0. The Morgan fingerprint density at radius 1 is 1.37 bits per heavy atom. The van der Waals surface area contributed by atoms with E-state index >= 15 is 0 Å². The van der Waals surface area contributed by atoms with Gasteiger partial charge in [0.15, 0.2) is 0 Å². The number of ether oxygens (including phenoxy) is 1. The molecule has 1 aromatic carbocycles. The zero-order chi connectivity index (χ0) is 14.3. The molecule has 0 bridgehead atoms. The summed E-state index contributed by atoms with van der Waals surface area (Å²) in [6.45, 7) is 7.98. The standard InChI is InChI=1S/C15H24N2O2/c1-11(2)10-19-8-7-17-15(18)13-9-12(3)5-6-14(13)16-4/h5-6,9,11,16H,7-8,10H2,1-4H3,(H,17,18). The van der Waals surface area contributed by atoms with Crippen LogP contribution in [0.15, 0.2) is 18.2 Å². The number of amides is 1. The maximum absolute atomic E-state index is 12.1. The number of anilines is 1. The van der Waals surface area contributed by atoms with Crippen LogP contribution >= 0.6 is 0 Å². The highest BCUT2D eigenvalue weighted by Gasteiger charge is 2.10. The molecule has 2 N–H and O–H groups in total. The van der Waals surface area contributed by atoms with Crippen molar-refractivity contribution in [1.29, 1.82) is 0 Å². The van der Waals surface area contributed by atoms with Crippen LogP contribution in [0.25, 0.3) is 0 Å². The van der Waals surface area contributed by atoms with Gasteiger partial charge < -0.3 is 15.4 Å². The molecule has 1 rings (SSSR count). The van der Waals surface area contributed by atoms with Crippen molar-refractivity contribution in [3.05, 3.63) is 29.3 Å². The van der Waals surface area contributed by atoms with E-state index in [2.05, 4.69) is 24.5 Å². The Morgan fingerprint density at radius 3 is 2.74 bits per heavy atom. The second-order valence-corrected chi connectivity index (χ2v) is 5.02. The molecule has 0 unspecified atom stereocenters. The van der Waals surface area contributed by atoms with E-state index in [0.717, 1.165) is 17.9 Å². The van der Waals surface area contributed by atoms with Gasteiger partial charge >= 0.3 is 0 Å². The van der Waals surface area contributed by atoms with Crippen molar-refractivity contribution < 1.29 is 9.53 Å². The summed E-state index contributed by atoms with van der Waals surface area (Å²) in [5.74, 6) is 0.449. The van der Waals surface area contributed by atoms with Crippen LogP contribution in [-0.4, -0.2) is 32.7 Å². The minimum absolute atomic E-state index is 0.0683. The Hall–Kier alpha value is -1.55. The largest absolute Gasteiger partial charge is 0.387 e. The predicted octanol–water partition coefficient (Wildman–Crippen LogP) is 2.44. The normalized spacial score (nSPS) is 10.6. The summed E-state index contributed by atoms with van der Waals surface area (Å²) in [5.41, 5.74) is 2.58. The number of nitrogens with one attached hydrogen (secondary N) is 2. The molecule has 4 nitrogen and oxygen atoms in total. The van der Waals surface area contributed by atoms with Gasteiger partial charge in [0.2, 0.25) is 0 Å². The second kappa shape index (κ2) is 7.79. The summed E-state index contributed by atoms with van der Waals surface area (Å²) in [7, 11) is 1.81. The second-order valence-electron chi connectivity index (χ2n) is 5.02. The van der Waals surface area contributed by atoms with Gasteiger partial charge in [-0.05, 0) is 25.0 Å². The fourth-order valence-electron chi connectivity index (χ4n) is 1.71. The van der Waals surface area contributed by atoms with Crippen LogP contribution in [0.1, 0.15) is 29.8 Å². The number of hydrogen-bond acceptors (Lipinski definition) is 3. The smallest absolute Gasteiger partial charge is 0.253 e. The lowest BCUT2D eigenvalue weighted by molar-refractivity contribution is 0.0887. The van der Waals surface area contributed by atoms with Gasteiger partial charge in [-0.2, -0.15) is 0 Å². The van der Waals surface area contributed by atoms with Gasteiger partial charge in [-0.3, -0.25) is 4.79 Å². The van der Waals surface area contributed by atoms with Crippen LogP contribution in [-0.2, 0) is 4.74 Å². The van der Waals surface area contributed by atoms with Crippen molar-refractivity contribution in [1.82, 2.24) is 5.32 Å². The van der Waals surface area contributed by atoms with Crippen molar-refractivity contribution in [2.75, 3.05) is 32.1 Å². The van der Waals surface area contributed by atoms with E-state index in [9.17, 15) is 4.79 Å². The van der Waals surface area contributed by atoms with Crippen LogP contribution in [0.5, 0.6) is 0 Å². The lowest BCUT2D eigenvalue weighted by Gasteiger charge is -2.11. The summed E-state index contributed by atoms with van der Waals surface area (Å²) < 4.78 is 5.43. The third-order valence-electron chi connectivity index (χ3n) is 2.67. The zero-order valence-corrected chi connectivity index (χ0v) is 12.2. The Labute approximate surface area is 115 Å². The molecular formula is C15H24N2O2. The van der Waals surface area contributed by atoms with Crippen LogP contribution in [0.2, 0.25) is 0 Å². The topological polar surface area (TPSA) is 50.4 Å². The van der Waals surface area contributed by atoms with E-state index in [4.69, 9.17) is 4.74 Å². The highest BCUT2D eigenvalue weighted by molar-refractivity contribution is 5.99. The van der Waals surface area contributed by atoms with E-state index in [1.54, 1.807) is 0 Å². The molecule has 0 aromatic heterocycles. The van der Waals surface area contributed by atoms with Gasteiger partial charge in [0, 0.05) is 25.9 Å². The van der Waals surface area contributed by atoms with Gasteiger partial charge in [-0.15, -0.1) is 0 Å². The van der Waals surface area contributed by atoms with E-state index in [1.807, 2.05) is 32.2 Å². The fraction of sp³-hybridized carbons (Fsp3) is 0.533. The van der Waals surface area contributed by atoms with Crippen molar-refractivity contribution in [3.8, 4) is 0 Å². The number of benzene rings is 1. The third-order valence-corrected chi connectivity index (χ3v) is 2.67. The quantitative estimate of drug-likeness (QED) is 0.744. The highest BCUT2D eigenvalue weighted by atomic mass is 16.5. The molecule has 0 radical (unpaired) electrons. The molecule has 19 heavy (non-hydrogen) atoms.